The lowest BCUT2D eigenvalue weighted by molar-refractivity contribution is -0.121. The maximum Gasteiger partial charge on any atom is 0.407 e. The predicted molar refractivity (Wildman–Crippen MR) is 165 cm³/mol. The minimum absolute atomic E-state index is 0.00514. The van der Waals surface area contributed by atoms with Crippen LogP contribution >= 0.6 is 0 Å². The number of benzene rings is 2. The largest absolute Gasteiger partial charge is 0.446 e. The van der Waals surface area contributed by atoms with Crippen LogP contribution in [0.1, 0.15) is 42.0 Å². The number of ether oxygens (including phenoxy) is 2. The van der Waals surface area contributed by atoms with E-state index in [4.69, 9.17) is 9.47 Å². The van der Waals surface area contributed by atoms with Crippen molar-refractivity contribution in [2.24, 2.45) is 17.8 Å². The third-order valence-electron chi connectivity index (χ3n) is 9.61. The highest BCUT2D eigenvalue weighted by Gasteiger charge is 2.42. The van der Waals surface area contributed by atoms with Gasteiger partial charge in [-0.3, -0.25) is 9.69 Å². The number of hydrogen-bond acceptors (Lipinski definition) is 8. The molecule has 0 aromatic heterocycles. The van der Waals surface area contributed by atoms with E-state index in [0.29, 0.717) is 49.6 Å². The topological polar surface area (TPSA) is 161 Å². The van der Waals surface area contributed by atoms with Crippen molar-refractivity contribution in [3.05, 3.63) is 65.2 Å². The zero-order chi connectivity index (χ0) is 31.3. The highest BCUT2D eigenvalue weighted by Crippen LogP contribution is 2.38. The molecule has 4 amide bonds. The van der Waals surface area contributed by atoms with E-state index in [0.717, 1.165) is 30.6 Å². The van der Waals surface area contributed by atoms with E-state index in [1.807, 2.05) is 41.3 Å². The summed E-state index contributed by atoms with van der Waals surface area (Å²) in [4.78, 5) is 40.6. The van der Waals surface area contributed by atoms with Crippen molar-refractivity contribution in [3.63, 3.8) is 0 Å². The first-order valence-corrected chi connectivity index (χ1v) is 15.9. The van der Waals surface area contributed by atoms with Gasteiger partial charge in [0.25, 0.3) is 0 Å². The number of aliphatic hydroxyl groups excluding tert-OH is 2. The number of nitrogens with one attached hydrogen (secondary N) is 4. The summed E-state index contributed by atoms with van der Waals surface area (Å²) in [5, 5.41) is 32.3. The van der Waals surface area contributed by atoms with Crippen LogP contribution in [-0.2, 0) is 27.3 Å². The van der Waals surface area contributed by atoms with E-state index in [1.54, 1.807) is 12.1 Å². The number of amides is 4. The van der Waals surface area contributed by atoms with Gasteiger partial charge in [0.05, 0.1) is 12.7 Å². The van der Waals surface area contributed by atoms with Gasteiger partial charge in [-0.2, -0.15) is 0 Å². The van der Waals surface area contributed by atoms with Crippen LogP contribution in [0, 0.1) is 17.8 Å². The minimum Gasteiger partial charge on any atom is -0.446 e. The first-order valence-electron chi connectivity index (χ1n) is 15.9. The molecule has 12 nitrogen and oxygen atoms in total. The van der Waals surface area contributed by atoms with Crippen molar-refractivity contribution >= 4 is 23.7 Å². The molecule has 3 heterocycles. The number of urea groups is 1. The zero-order valence-electron chi connectivity index (χ0n) is 25.3. The van der Waals surface area contributed by atoms with Crippen molar-refractivity contribution in [1.82, 2.24) is 20.9 Å². The van der Waals surface area contributed by atoms with Gasteiger partial charge in [-0.05, 0) is 48.4 Å². The number of nitrogens with zero attached hydrogens (tertiary/aromatic N) is 1. The predicted octanol–water partition coefficient (Wildman–Crippen LogP) is 1.92. The third-order valence-corrected chi connectivity index (χ3v) is 9.61. The normalized spacial score (nSPS) is 25.6. The summed E-state index contributed by atoms with van der Waals surface area (Å²) in [5.41, 5.74) is 3.10. The second-order valence-corrected chi connectivity index (χ2v) is 12.7. The molecule has 6 atom stereocenters. The lowest BCUT2D eigenvalue weighted by Crippen LogP contribution is -2.54. The summed E-state index contributed by atoms with van der Waals surface area (Å²) < 4.78 is 11.7. The lowest BCUT2D eigenvalue weighted by Gasteiger charge is -2.37. The van der Waals surface area contributed by atoms with E-state index >= 15 is 0 Å². The Hall–Kier alpha value is -3.71. The summed E-state index contributed by atoms with van der Waals surface area (Å²) in [6.45, 7) is 1.96. The number of fused-ring (bicyclic) bond motifs is 2. The molecule has 0 bridgehead atoms. The summed E-state index contributed by atoms with van der Waals surface area (Å²) in [6.07, 6.45) is 2.33. The second-order valence-electron chi connectivity index (χ2n) is 12.7. The van der Waals surface area contributed by atoms with Gasteiger partial charge in [0.1, 0.15) is 12.1 Å². The number of aliphatic hydroxyl groups is 2. The fourth-order valence-electron chi connectivity index (χ4n) is 7.28. The number of carbonyl (C=O) groups excluding carboxylic acids is 3. The highest BCUT2D eigenvalue weighted by molar-refractivity contribution is 6.02. The smallest absolute Gasteiger partial charge is 0.407 e. The molecule has 2 saturated heterocycles. The molecular formula is C33H43N5O7. The number of hydrogen-bond donors (Lipinski definition) is 6. The summed E-state index contributed by atoms with van der Waals surface area (Å²) in [6, 6.07) is 13.8. The molecule has 2 aromatic carbocycles. The number of alkyl carbamates (subject to hydrolysis) is 1. The van der Waals surface area contributed by atoms with Crippen molar-refractivity contribution in [2.45, 2.75) is 56.6 Å². The Balaban J connectivity index is 1.24. The quantitative estimate of drug-likeness (QED) is 0.210. The first kappa shape index (κ1) is 31.3. The number of rotatable bonds is 12. The molecule has 242 valence electrons. The van der Waals surface area contributed by atoms with Crippen molar-refractivity contribution in [1.29, 1.82) is 0 Å². The van der Waals surface area contributed by atoms with Gasteiger partial charge < -0.3 is 41.0 Å². The van der Waals surface area contributed by atoms with Crippen molar-refractivity contribution in [3.8, 4) is 0 Å². The molecule has 1 saturated carbocycles. The van der Waals surface area contributed by atoms with Gasteiger partial charge in [0.15, 0.2) is 0 Å². The fourth-order valence-corrected chi connectivity index (χ4v) is 7.28. The molecule has 3 aliphatic heterocycles. The molecule has 0 radical (unpaired) electrons. The maximum absolute atomic E-state index is 13.5. The van der Waals surface area contributed by atoms with Gasteiger partial charge in [0, 0.05) is 74.9 Å². The molecular weight excluding hydrogens is 578 g/mol. The van der Waals surface area contributed by atoms with Crippen LogP contribution in [0.25, 0.3) is 0 Å². The van der Waals surface area contributed by atoms with Crippen LogP contribution in [0.2, 0.25) is 0 Å². The van der Waals surface area contributed by atoms with Gasteiger partial charge in [-0.15, -0.1) is 0 Å². The number of carbonyl (C=O) groups is 3. The van der Waals surface area contributed by atoms with Gasteiger partial charge in [0.2, 0.25) is 5.91 Å². The van der Waals surface area contributed by atoms with Crippen molar-refractivity contribution in [2.75, 3.05) is 44.7 Å². The standard InChI is InChI=1S/C33H43N5O7/c39-18-21-6-7-27-26(10-21)30(31(41)36-27)38(16-22-14-34-32(42)35-15-22)17-24(19-40)28(11-20-4-2-1-3-5-20)37-33(43)45-25-12-23-8-9-44-29(23)13-25/h1-7,10,22-25,28-30,39-40H,8-9,11-19H2,(H,36,41)(H,37,43)(H2,34,35,42)/t23?,24?,25?,28?,29-,30?/m1/s1. The maximum atomic E-state index is 13.5. The fraction of sp³-hybridized carbons (Fsp3) is 0.545. The van der Waals surface area contributed by atoms with Gasteiger partial charge in [-0.1, -0.05) is 36.4 Å². The lowest BCUT2D eigenvalue weighted by atomic mass is 9.91. The molecule has 2 aromatic rings. The van der Waals surface area contributed by atoms with Gasteiger partial charge in [-0.25, -0.2) is 9.59 Å². The van der Waals surface area contributed by atoms with E-state index < -0.39 is 24.1 Å². The van der Waals surface area contributed by atoms with E-state index in [2.05, 4.69) is 21.3 Å². The molecule has 45 heavy (non-hydrogen) atoms. The van der Waals surface area contributed by atoms with E-state index in [9.17, 15) is 24.6 Å². The summed E-state index contributed by atoms with van der Waals surface area (Å²) in [7, 11) is 0. The minimum atomic E-state index is -0.680. The van der Waals surface area contributed by atoms with Crippen LogP contribution < -0.4 is 21.3 Å². The Morgan fingerprint density at radius 1 is 1.07 bits per heavy atom. The summed E-state index contributed by atoms with van der Waals surface area (Å²) in [5.74, 6) is -0.249. The monoisotopic (exact) mass is 621 g/mol. The molecule has 0 spiro atoms. The second kappa shape index (κ2) is 14.2. The summed E-state index contributed by atoms with van der Waals surface area (Å²) >= 11 is 0. The third kappa shape index (κ3) is 7.41. The van der Waals surface area contributed by atoms with Gasteiger partial charge >= 0.3 is 12.1 Å². The molecule has 6 rings (SSSR count). The average molecular weight is 622 g/mol. The Morgan fingerprint density at radius 2 is 1.87 bits per heavy atom. The molecule has 3 fully saturated rings. The molecule has 4 aliphatic rings. The Morgan fingerprint density at radius 3 is 2.60 bits per heavy atom. The zero-order valence-corrected chi connectivity index (χ0v) is 25.3. The van der Waals surface area contributed by atoms with E-state index in [-0.39, 0.29) is 49.8 Å². The van der Waals surface area contributed by atoms with Crippen LogP contribution in [-0.4, -0.2) is 90.8 Å². The Labute approximate surface area is 262 Å². The first-order chi connectivity index (χ1) is 21.9. The van der Waals surface area contributed by atoms with Crippen molar-refractivity contribution < 1.29 is 34.1 Å². The molecule has 1 aliphatic carbocycles. The Bertz CT molecular complexity index is 1340. The van der Waals surface area contributed by atoms with Crippen LogP contribution in [0.15, 0.2) is 48.5 Å². The molecule has 5 unspecified atom stereocenters. The average Bonchev–Trinajstić information content (AvgIpc) is 3.73. The van der Waals surface area contributed by atoms with Crippen LogP contribution in [0.3, 0.4) is 0 Å². The Kier molecular flexibility index (Phi) is 9.84. The van der Waals surface area contributed by atoms with Crippen LogP contribution in [0.5, 0.6) is 0 Å². The molecule has 12 heteroatoms. The highest BCUT2D eigenvalue weighted by atomic mass is 16.6. The van der Waals surface area contributed by atoms with Crippen LogP contribution in [0.4, 0.5) is 15.3 Å². The SMILES string of the molecule is O=C1NCC(CN(CC(CO)C(Cc2ccccc2)NC(=O)OC2CC3CCO[C@@H]3C2)C2C(=O)Nc3ccc(CO)cc32)CN1. The number of anilines is 1. The van der Waals surface area contributed by atoms with E-state index in [1.165, 1.54) is 0 Å². The molecule has 6 N–H and O–H groups in total.